The maximum atomic E-state index is 12.4. The number of fused-ring (bicyclic) bond motifs is 1. The maximum Gasteiger partial charge on any atom is 0.261 e. The highest BCUT2D eigenvalue weighted by molar-refractivity contribution is 7.13. The van der Waals surface area contributed by atoms with Crippen LogP contribution in [0.3, 0.4) is 0 Å². The average molecular weight is 328 g/mol. The van der Waals surface area contributed by atoms with Crippen molar-refractivity contribution in [3.05, 3.63) is 41.5 Å². The number of aromatic amines is 1. The lowest BCUT2D eigenvalue weighted by Crippen LogP contribution is -2.15. The zero-order chi connectivity index (χ0) is 15.6. The van der Waals surface area contributed by atoms with Crippen molar-refractivity contribution in [2.45, 2.75) is 0 Å². The van der Waals surface area contributed by atoms with E-state index in [0.29, 0.717) is 41.1 Å². The van der Waals surface area contributed by atoms with Gasteiger partial charge in [0.25, 0.3) is 5.91 Å². The van der Waals surface area contributed by atoms with E-state index in [-0.39, 0.29) is 5.91 Å². The summed E-state index contributed by atoms with van der Waals surface area (Å²) in [6, 6.07) is 5.52. The van der Waals surface area contributed by atoms with Crippen LogP contribution in [0.5, 0.6) is 11.5 Å². The Morgan fingerprint density at radius 2 is 2.13 bits per heavy atom. The maximum absolute atomic E-state index is 12.4. The number of hydrogen-bond acceptors (Lipinski definition) is 6. The van der Waals surface area contributed by atoms with Crippen LogP contribution in [0.4, 0.5) is 5.13 Å². The molecule has 116 valence electrons. The summed E-state index contributed by atoms with van der Waals surface area (Å²) in [6.07, 6.45) is 3.13. The Balaban J connectivity index is 1.65. The van der Waals surface area contributed by atoms with Gasteiger partial charge in [0.15, 0.2) is 16.6 Å². The van der Waals surface area contributed by atoms with E-state index < -0.39 is 0 Å². The van der Waals surface area contributed by atoms with Gasteiger partial charge in [0.2, 0.25) is 0 Å². The monoisotopic (exact) mass is 328 g/mol. The van der Waals surface area contributed by atoms with Crippen molar-refractivity contribution in [3.63, 3.8) is 0 Å². The summed E-state index contributed by atoms with van der Waals surface area (Å²) < 4.78 is 11.1. The molecule has 0 unspecified atom stereocenters. The molecule has 0 atom stereocenters. The second-order valence-electron chi connectivity index (χ2n) is 4.81. The van der Waals surface area contributed by atoms with Gasteiger partial charge >= 0.3 is 0 Å². The van der Waals surface area contributed by atoms with Crippen LogP contribution >= 0.6 is 11.3 Å². The van der Waals surface area contributed by atoms with Gasteiger partial charge in [0.05, 0.1) is 17.5 Å². The Bertz CT molecular complexity index is 844. The molecule has 0 spiro atoms. The average Bonchev–Trinajstić information content (AvgIpc) is 3.25. The molecule has 1 aliphatic heterocycles. The molecule has 8 heteroatoms. The molecule has 1 aliphatic rings. The predicted molar refractivity (Wildman–Crippen MR) is 85.1 cm³/mol. The summed E-state index contributed by atoms with van der Waals surface area (Å²) in [5.41, 5.74) is 1.86. The van der Waals surface area contributed by atoms with Gasteiger partial charge in [-0.25, -0.2) is 4.98 Å². The molecule has 0 saturated heterocycles. The van der Waals surface area contributed by atoms with E-state index >= 15 is 0 Å². The van der Waals surface area contributed by atoms with Crippen LogP contribution in [0.2, 0.25) is 0 Å². The highest BCUT2D eigenvalue weighted by atomic mass is 32.1. The van der Waals surface area contributed by atoms with Crippen LogP contribution < -0.4 is 14.8 Å². The zero-order valence-electron chi connectivity index (χ0n) is 11.9. The first kappa shape index (κ1) is 13.8. The first-order valence-corrected chi connectivity index (χ1v) is 7.83. The third kappa shape index (κ3) is 2.64. The number of nitrogens with zero attached hydrogens (tertiary/aromatic N) is 2. The smallest absolute Gasteiger partial charge is 0.261 e. The van der Waals surface area contributed by atoms with Crippen LogP contribution in [-0.2, 0) is 0 Å². The van der Waals surface area contributed by atoms with Crippen LogP contribution in [0.25, 0.3) is 11.3 Å². The standard InChI is InChI=1S/C15H12N4O3S/c20-14(18-15-16-3-6-23-15)10-8-17-19-13(10)9-1-2-11-12(7-9)22-5-4-21-11/h1-3,6-8H,4-5H2,(H,17,19)(H,16,18,20). The lowest BCUT2D eigenvalue weighted by molar-refractivity contribution is 0.102. The summed E-state index contributed by atoms with van der Waals surface area (Å²) >= 11 is 1.36. The van der Waals surface area contributed by atoms with Crippen molar-refractivity contribution in [3.8, 4) is 22.8 Å². The van der Waals surface area contributed by atoms with Crippen molar-refractivity contribution >= 4 is 22.4 Å². The number of anilines is 1. The fourth-order valence-electron chi connectivity index (χ4n) is 2.33. The Morgan fingerprint density at radius 1 is 1.26 bits per heavy atom. The number of ether oxygens (including phenoxy) is 2. The minimum absolute atomic E-state index is 0.265. The van der Waals surface area contributed by atoms with Gasteiger partial charge in [-0.15, -0.1) is 11.3 Å². The summed E-state index contributed by atoms with van der Waals surface area (Å²) in [5, 5.41) is 11.9. The van der Waals surface area contributed by atoms with Gasteiger partial charge in [-0.2, -0.15) is 5.10 Å². The fourth-order valence-corrected chi connectivity index (χ4v) is 2.85. The second kappa shape index (κ2) is 5.73. The molecule has 3 heterocycles. The number of rotatable bonds is 3. The molecule has 2 N–H and O–H groups in total. The highest BCUT2D eigenvalue weighted by Gasteiger charge is 2.19. The molecule has 3 aromatic rings. The van der Waals surface area contributed by atoms with Crippen LogP contribution in [0.1, 0.15) is 10.4 Å². The lowest BCUT2D eigenvalue weighted by atomic mass is 10.1. The largest absolute Gasteiger partial charge is 0.486 e. The molecular weight excluding hydrogens is 316 g/mol. The number of amides is 1. The molecule has 0 saturated carbocycles. The Morgan fingerprint density at radius 3 is 2.96 bits per heavy atom. The summed E-state index contributed by atoms with van der Waals surface area (Å²) in [5.74, 6) is 1.10. The first-order chi connectivity index (χ1) is 11.3. The molecule has 1 amide bonds. The van der Waals surface area contributed by atoms with Crippen molar-refractivity contribution < 1.29 is 14.3 Å². The molecule has 4 rings (SSSR count). The van der Waals surface area contributed by atoms with Crippen LogP contribution in [0.15, 0.2) is 36.0 Å². The third-order valence-electron chi connectivity index (χ3n) is 3.37. The second-order valence-corrected chi connectivity index (χ2v) is 5.70. The molecule has 0 bridgehead atoms. The van der Waals surface area contributed by atoms with E-state index in [9.17, 15) is 4.79 Å². The number of aromatic nitrogens is 3. The Hall–Kier alpha value is -2.87. The molecular formula is C15H12N4O3S. The quantitative estimate of drug-likeness (QED) is 0.771. The van der Waals surface area contributed by atoms with Crippen LogP contribution in [-0.4, -0.2) is 34.3 Å². The number of thiazole rings is 1. The van der Waals surface area contributed by atoms with Gasteiger partial charge in [-0.3, -0.25) is 15.2 Å². The molecule has 0 radical (unpaired) electrons. The van der Waals surface area contributed by atoms with E-state index in [2.05, 4.69) is 20.5 Å². The van der Waals surface area contributed by atoms with E-state index in [1.807, 2.05) is 18.2 Å². The van der Waals surface area contributed by atoms with Gasteiger partial charge in [0, 0.05) is 17.1 Å². The molecule has 7 nitrogen and oxygen atoms in total. The topological polar surface area (TPSA) is 89.1 Å². The predicted octanol–water partition coefficient (Wildman–Crippen LogP) is 2.56. The highest BCUT2D eigenvalue weighted by Crippen LogP contribution is 2.35. The van der Waals surface area contributed by atoms with E-state index in [1.165, 1.54) is 17.5 Å². The number of carbonyl (C=O) groups excluding carboxylic acids is 1. The number of benzene rings is 1. The Labute approximate surface area is 135 Å². The number of hydrogen-bond donors (Lipinski definition) is 2. The van der Waals surface area contributed by atoms with Gasteiger partial charge in [-0.1, -0.05) is 0 Å². The number of nitrogens with one attached hydrogen (secondary N) is 2. The van der Waals surface area contributed by atoms with Crippen LogP contribution in [0, 0.1) is 0 Å². The van der Waals surface area contributed by atoms with E-state index in [4.69, 9.17) is 9.47 Å². The van der Waals surface area contributed by atoms with E-state index in [1.54, 1.807) is 11.6 Å². The SMILES string of the molecule is O=C(Nc1nccs1)c1cn[nH]c1-c1ccc2c(c1)OCCO2. The molecule has 0 fully saturated rings. The minimum Gasteiger partial charge on any atom is -0.486 e. The van der Waals surface area contributed by atoms with Gasteiger partial charge in [0.1, 0.15) is 13.2 Å². The summed E-state index contributed by atoms with van der Waals surface area (Å²) in [4.78, 5) is 16.4. The molecule has 1 aromatic carbocycles. The molecule has 23 heavy (non-hydrogen) atoms. The van der Waals surface area contributed by atoms with Crippen molar-refractivity contribution in [1.29, 1.82) is 0 Å². The summed E-state index contributed by atoms with van der Waals surface area (Å²) in [6.45, 7) is 1.05. The van der Waals surface area contributed by atoms with Crippen molar-refractivity contribution in [1.82, 2.24) is 15.2 Å². The van der Waals surface area contributed by atoms with Gasteiger partial charge in [-0.05, 0) is 18.2 Å². The molecule has 2 aromatic heterocycles. The normalized spacial score (nSPS) is 12.9. The summed E-state index contributed by atoms with van der Waals surface area (Å²) in [7, 11) is 0. The zero-order valence-corrected chi connectivity index (χ0v) is 12.7. The number of H-pyrrole nitrogens is 1. The third-order valence-corrected chi connectivity index (χ3v) is 4.06. The fraction of sp³-hybridized carbons (Fsp3) is 0.133. The lowest BCUT2D eigenvalue weighted by Gasteiger charge is -2.18. The van der Waals surface area contributed by atoms with E-state index in [0.717, 1.165) is 5.56 Å². The first-order valence-electron chi connectivity index (χ1n) is 6.95. The minimum atomic E-state index is -0.265. The van der Waals surface area contributed by atoms with Crippen molar-refractivity contribution in [2.75, 3.05) is 18.5 Å². The Kier molecular flexibility index (Phi) is 3.43. The van der Waals surface area contributed by atoms with Crippen molar-refractivity contribution in [2.24, 2.45) is 0 Å². The van der Waals surface area contributed by atoms with Gasteiger partial charge < -0.3 is 9.47 Å². The number of carbonyl (C=O) groups is 1. The molecule has 0 aliphatic carbocycles.